The molecule has 18 heavy (non-hydrogen) atoms. The summed E-state index contributed by atoms with van der Waals surface area (Å²) in [5, 5.41) is 3.24. The maximum Gasteiger partial charge on any atom is 0.443 e. The molecule has 1 heterocycles. The lowest BCUT2D eigenvalue weighted by Crippen LogP contribution is -2.32. The van der Waals surface area contributed by atoms with Crippen LogP contribution >= 0.6 is 23.2 Å². The Morgan fingerprint density at radius 2 is 1.89 bits per heavy atom. The van der Waals surface area contributed by atoms with Crippen molar-refractivity contribution in [3.8, 4) is 5.75 Å². The molecule has 7 heteroatoms. The third-order valence-electron chi connectivity index (χ3n) is 2.00. The molecule has 0 atom stereocenters. The standard InChI is InChI=1S/C11H6Cl2N2O3/c12-8-6-14-15(10(16)9(8)13)11(17)18-7-4-2-1-3-5-7/h1-6H. The van der Waals surface area contributed by atoms with Gasteiger partial charge < -0.3 is 4.74 Å². The smallest absolute Gasteiger partial charge is 0.409 e. The number of halogens is 2. The molecule has 0 saturated carbocycles. The van der Waals surface area contributed by atoms with Crippen LogP contribution in [0.15, 0.2) is 41.3 Å². The van der Waals surface area contributed by atoms with Crippen LogP contribution < -0.4 is 10.3 Å². The number of aromatic nitrogens is 2. The first-order valence-corrected chi connectivity index (χ1v) is 5.56. The van der Waals surface area contributed by atoms with Crippen LogP contribution in [-0.2, 0) is 0 Å². The second-order valence-electron chi connectivity index (χ2n) is 3.20. The van der Waals surface area contributed by atoms with Crippen LogP contribution in [0.3, 0.4) is 0 Å². The van der Waals surface area contributed by atoms with Crippen molar-refractivity contribution in [1.82, 2.24) is 9.78 Å². The van der Waals surface area contributed by atoms with Gasteiger partial charge >= 0.3 is 6.09 Å². The van der Waals surface area contributed by atoms with Gasteiger partial charge in [-0.05, 0) is 12.1 Å². The summed E-state index contributed by atoms with van der Waals surface area (Å²) in [5.74, 6) is 0.294. The highest BCUT2D eigenvalue weighted by Crippen LogP contribution is 2.15. The van der Waals surface area contributed by atoms with Crippen LogP contribution in [-0.4, -0.2) is 15.9 Å². The SMILES string of the molecule is O=C(Oc1ccccc1)n1ncc(Cl)c(Cl)c1=O. The lowest BCUT2D eigenvalue weighted by atomic mass is 10.3. The molecule has 0 fully saturated rings. The molecule has 0 radical (unpaired) electrons. The number of hydrogen-bond donors (Lipinski definition) is 0. The Labute approximate surface area is 112 Å². The minimum atomic E-state index is -0.954. The van der Waals surface area contributed by atoms with Crippen LogP contribution in [0.5, 0.6) is 5.75 Å². The molecule has 2 aromatic rings. The second kappa shape index (κ2) is 5.20. The topological polar surface area (TPSA) is 61.2 Å². The normalized spacial score (nSPS) is 10.1. The minimum Gasteiger partial charge on any atom is -0.409 e. The van der Waals surface area contributed by atoms with Crippen LogP contribution in [0.1, 0.15) is 0 Å². The van der Waals surface area contributed by atoms with E-state index in [0.29, 0.717) is 10.4 Å². The maximum absolute atomic E-state index is 11.7. The molecule has 0 aliphatic rings. The molecule has 0 spiro atoms. The molecule has 1 aromatic heterocycles. The predicted octanol–water partition coefficient (Wildman–Crippen LogP) is 2.60. The van der Waals surface area contributed by atoms with Gasteiger partial charge in [0.05, 0.1) is 11.2 Å². The molecular formula is C11H6Cl2N2O3. The molecule has 0 unspecified atom stereocenters. The number of ether oxygens (including phenoxy) is 1. The van der Waals surface area contributed by atoms with Crippen molar-refractivity contribution >= 4 is 29.3 Å². The predicted molar refractivity (Wildman–Crippen MR) is 66.4 cm³/mol. The molecule has 0 saturated heterocycles. The first-order valence-electron chi connectivity index (χ1n) is 4.80. The Morgan fingerprint density at radius 1 is 1.22 bits per heavy atom. The van der Waals surface area contributed by atoms with E-state index in [1.165, 1.54) is 0 Å². The zero-order valence-corrected chi connectivity index (χ0v) is 10.4. The van der Waals surface area contributed by atoms with E-state index in [0.717, 1.165) is 6.20 Å². The monoisotopic (exact) mass is 284 g/mol. The highest BCUT2D eigenvalue weighted by Gasteiger charge is 2.15. The molecule has 0 N–H and O–H groups in total. The van der Waals surface area contributed by atoms with Gasteiger partial charge in [0.2, 0.25) is 0 Å². The molecule has 1 aromatic carbocycles. The van der Waals surface area contributed by atoms with Crippen molar-refractivity contribution in [2.45, 2.75) is 0 Å². The number of carbonyl (C=O) groups excluding carboxylic acids is 1. The quantitative estimate of drug-likeness (QED) is 0.808. The van der Waals surface area contributed by atoms with Crippen molar-refractivity contribution in [3.63, 3.8) is 0 Å². The van der Waals surface area contributed by atoms with Crippen LogP contribution in [0.25, 0.3) is 0 Å². The highest BCUT2D eigenvalue weighted by atomic mass is 35.5. The van der Waals surface area contributed by atoms with Crippen molar-refractivity contribution in [3.05, 3.63) is 56.9 Å². The van der Waals surface area contributed by atoms with E-state index in [1.54, 1.807) is 30.3 Å². The minimum absolute atomic E-state index is 0.0228. The van der Waals surface area contributed by atoms with Crippen molar-refractivity contribution < 1.29 is 9.53 Å². The lowest BCUT2D eigenvalue weighted by molar-refractivity contribution is 0.197. The Morgan fingerprint density at radius 3 is 2.56 bits per heavy atom. The third-order valence-corrected chi connectivity index (χ3v) is 2.75. The first-order chi connectivity index (χ1) is 8.59. The van der Waals surface area contributed by atoms with Crippen molar-refractivity contribution in [2.24, 2.45) is 0 Å². The summed E-state index contributed by atoms with van der Waals surface area (Å²) in [4.78, 5) is 23.3. The summed E-state index contributed by atoms with van der Waals surface area (Å²) in [5.41, 5.74) is -0.829. The number of carbonyl (C=O) groups is 1. The number of nitrogens with zero attached hydrogens (tertiary/aromatic N) is 2. The van der Waals surface area contributed by atoms with Crippen LogP contribution in [0.4, 0.5) is 4.79 Å². The summed E-state index contributed by atoms with van der Waals surface area (Å²) in [6.45, 7) is 0. The van der Waals surface area contributed by atoms with Gasteiger partial charge in [0.15, 0.2) is 0 Å². The summed E-state index contributed by atoms with van der Waals surface area (Å²) < 4.78 is 5.44. The fourth-order valence-electron chi connectivity index (χ4n) is 1.18. The van der Waals surface area contributed by atoms with E-state index in [4.69, 9.17) is 27.9 Å². The van der Waals surface area contributed by atoms with E-state index >= 15 is 0 Å². The average molecular weight is 285 g/mol. The molecule has 0 amide bonds. The van der Waals surface area contributed by atoms with Gasteiger partial charge in [-0.3, -0.25) is 4.79 Å². The number of rotatable bonds is 1. The molecule has 5 nitrogen and oxygen atoms in total. The highest BCUT2D eigenvalue weighted by molar-refractivity contribution is 6.41. The lowest BCUT2D eigenvalue weighted by Gasteiger charge is -2.05. The van der Waals surface area contributed by atoms with Gasteiger partial charge in [-0.25, -0.2) is 4.79 Å². The molecular weight excluding hydrogens is 279 g/mol. The van der Waals surface area contributed by atoms with Gasteiger partial charge in [-0.2, -0.15) is 5.10 Å². The zero-order valence-electron chi connectivity index (χ0n) is 8.84. The van der Waals surface area contributed by atoms with Crippen LogP contribution in [0, 0.1) is 0 Å². The Bertz CT molecular complexity index is 640. The van der Waals surface area contributed by atoms with Gasteiger partial charge in [0, 0.05) is 0 Å². The molecule has 92 valence electrons. The van der Waals surface area contributed by atoms with E-state index < -0.39 is 11.7 Å². The third kappa shape index (κ3) is 2.52. The zero-order chi connectivity index (χ0) is 13.1. The Kier molecular flexibility index (Phi) is 3.64. The van der Waals surface area contributed by atoms with Gasteiger partial charge in [0.1, 0.15) is 10.8 Å². The van der Waals surface area contributed by atoms with E-state index in [1.807, 2.05) is 0 Å². The number of para-hydroxylation sites is 1. The number of benzene rings is 1. The average Bonchev–Trinajstić information content (AvgIpc) is 2.37. The number of hydrogen-bond acceptors (Lipinski definition) is 4. The van der Waals surface area contributed by atoms with Gasteiger partial charge in [-0.15, -0.1) is 4.68 Å². The van der Waals surface area contributed by atoms with E-state index in [-0.39, 0.29) is 10.0 Å². The Balaban J connectivity index is 2.31. The largest absolute Gasteiger partial charge is 0.443 e. The summed E-state index contributed by atoms with van der Waals surface area (Å²) in [6, 6.07) is 8.28. The van der Waals surface area contributed by atoms with Crippen LogP contribution in [0.2, 0.25) is 10.0 Å². The Hall–Kier alpha value is -1.85. The summed E-state index contributed by atoms with van der Waals surface area (Å²) in [6.07, 6.45) is 0.141. The molecule has 0 bridgehead atoms. The fraction of sp³-hybridized carbons (Fsp3) is 0. The second-order valence-corrected chi connectivity index (χ2v) is 3.99. The summed E-state index contributed by atoms with van der Waals surface area (Å²) >= 11 is 11.2. The maximum atomic E-state index is 11.7. The molecule has 0 aliphatic carbocycles. The first kappa shape index (κ1) is 12.6. The van der Waals surface area contributed by atoms with E-state index in [9.17, 15) is 9.59 Å². The summed E-state index contributed by atoms with van der Waals surface area (Å²) in [7, 11) is 0. The van der Waals surface area contributed by atoms with Crippen molar-refractivity contribution in [1.29, 1.82) is 0 Å². The van der Waals surface area contributed by atoms with Gasteiger partial charge in [-0.1, -0.05) is 41.4 Å². The molecule has 2 rings (SSSR count). The molecule has 0 aliphatic heterocycles. The van der Waals surface area contributed by atoms with Crippen molar-refractivity contribution in [2.75, 3.05) is 0 Å². The van der Waals surface area contributed by atoms with Gasteiger partial charge in [0.25, 0.3) is 5.56 Å². The fourth-order valence-corrected chi connectivity index (χ4v) is 1.43. The van der Waals surface area contributed by atoms with E-state index in [2.05, 4.69) is 5.10 Å².